The van der Waals surface area contributed by atoms with Gasteiger partial charge in [-0.3, -0.25) is 0 Å². The molecule has 20 heavy (non-hydrogen) atoms. The standard InChI is InChI=1S/C17H20FNO/c1-3-19-16(14-7-5-4-6-8-14)12-20-17-11-13(2)9-10-15(17)18/h4-11,16,19H,3,12H2,1-2H3. The molecular weight excluding hydrogens is 253 g/mol. The Morgan fingerprint density at radius 1 is 1.15 bits per heavy atom. The third kappa shape index (κ3) is 3.81. The van der Waals surface area contributed by atoms with Crippen LogP contribution in [0.25, 0.3) is 0 Å². The number of nitrogens with one attached hydrogen (secondary N) is 1. The number of ether oxygens (including phenoxy) is 1. The highest BCUT2D eigenvalue weighted by Gasteiger charge is 2.12. The molecular formula is C17H20FNO. The molecule has 2 nitrogen and oxygen atoms in total. The molecule has 1 N–H and O–H groups in total. The molecule has 2 aromatic carbocycles. The van der Waals surface area contributed by atoms with E-state index in [0.29, 0.717) is 12.4 Å². The zero-order valence-corrected chi connectivity index (χ0v) is 11.9. The molecule has 0 spiro atoms. The zero-order valence-electron chi connectivity index (χ0n) is 11.9. The number of rotatable bonds is 6. The number of halogens is 1. The first-order valence-corrected chi connectivity index (χ1v) is 6.88. The van der Waals surface area contributed by atoms with Gasteiger partial charge in [0.2, 0.25) is 0 Å². The smallest absolute Gasteiger partial charge is 0.165 e. The van der Waals surface area contributed by atoms with Crippen molar-refractivity contribution < 1.29 is 9.13 Å². The van der Waals surface area contributed by atoms with Crippen molar-refractivity contribution in [2.75, 3.05) is 13.2 Å². The largest absolute Gasteiger partial charge is 0.489 e. The predicted molar refractivity (Wildman–Crippen MR) is 79.5 cm³/mol. The third-order valence-electron chi connectivity index (χ3n) is 3.14. The lowest BCUT2D eigenvalue weighted by molar-refractivity contribution is 0.257. The Morgan fingerprint density at radius 2 is 1.90 bits per heavy atom. The van der Waals surface area contributed by atoms with Crippen LogP contribution in [0.15, 0.2) is 48.5 Å². The fourth-order valence-electron chi connectivity index (χ4n) is 2.10. The molecule has 1 atom stereocenters. The van der Waals surface area contributed by atoms with Crippen LogP contribution >= 0.6 is 0 Å². The fourth-order valence-corrected chi connectivity index (χ4v) is 2.10. The Labute approximate surface area is 119 Å². The summed E-state index contributed by atoms with van der Waals surface area (Å²) in [5.74, 6) is -0.0113. The van der Waals surface area contributed by atoms with E-state index in [9.17, 15) is 4.39 Å². The van der Waals surface area contributed by atoms with Crippen LogP contribution in [-0.4, -0.2) is 13.2 Å². The SMILES string of the molecule is CCNC(COc1cc(C)ccc1F)c1ccccc1. The molecule has 0 saturated carbocycles. The molecule has 0 fully saturated rings. The first-order chi connectivity index (χ1) is 9.70. The highest BCUT2D eigenvalue weighted by molar-refractivity contribution is 5.29. The van der Waals surface area contributed by atoms with Gasteiger partial charge >= 0.3 is 0 Å². The summed E-state index contributed by atoms with van der Waals surface area (Å²) in [4.78, 5) is 0. The molecule has 0 bridgehead atoms. The lowest BCUT2D eigenvalue weighted by Crippen LogP contribution is -2.26. The average Bonchev–Trinajstić information content (AvgIpc) is 2.47. The van der Waals surface area contributed by atoms with E-state index in [1.165, 1.54) is 6.07 Å². The highest BCUT2D eigenvalue weighted by Crippen LogP contribution is 2.21. The molecule has 1 unspecified atom stereocenters. The second-order valence-corrected chi connectivity index (χ2v) is 4.77. The van der Waals surface area contributed by atoms with Crippen LogP contribution in [0.3, 0.4) is 0 Å². The molecule has 106 valence electrons. The van der Waals surface area contributed by atoms with Gasteiger partial charge in [-0.25, -0.2) is 4.39 Å². The number of aryl methyl sites for hydroxylation is 1. The van der Waals surface area contributed by atoms with E-state index < -0.39 is 0 Å². The van der Waals surface area contributed by atoms with Gasteiger partial charge in [0, 0.05) is 0 Å². The molecule has 3 heteroatoms. The Kier molecular flexibility index (Phi) is 5.13. The quantitative estimate of drug-likeness (QED) is 0.862. The number of hydrogen-bond donors (Lipinski definition) is 1. The minimum atomic E-state index is -0.320. The number of benzene rings is 2. The Hall–Kier alpha value is -1.87. The summed E-state index contributed by atoms with van der Waals surface area (Å²) < 4.78 is 19.3. The van der Waals surface area contributed by atoms with Crippen molar-refractivity contribution in [3.05, 3.63) is 65.5 Å². The van der Waals surface area contributed by atoms with E-state index >= 15 is 0 Å². The molecule has 0 radical (unpaired) electrons. The van der Waals surface area contributed by atoms with Crippen LogP contribution in [0.2, 0.25) is 0 Å². The van der Waals surface area contributed by atoms with E-state index in [2.05, 4.69) is 5.32 Å². The van der Waals surface area contributed by atoms with Crippen molar-refractivity contribution in [1.29, 1.82) is 0 Å². The second-order valence-electron chi connectivity index (χ2n) is 4.77. The van der Waals surface area contributed by atoms with Gasteiger partial charge in [-0.2, -0.15) is 0 Å². The third-order valence-corrected chi connectivity index (χ3v) is 3.14. The molecule has 0 aliphatic carbocycles. The Bertz CT molecular complexity index is 542. The van der Waals surface area contributed by atoms with Gasteiger partial charge in [-0.1, -0.05) is 43.3 Å². The zero-order chi connectivity index (χ0) is 14.4. The summed E-state index contributed by atoms with van der Waals surface area (Å²) in [6, 6.07) is 15.0. The molecule has 2 rings (SSSR count). The van der Waals surface area contributed by atoms with E-state index in [1.54, 1.807) is 12.1 Å². The maximum Gasteiger partial charge on any atom is 0.165 e. The van der Waals surface area contributed by atoms with Gasteiger partial charge in [0.25, 0.3) is 0 Å². The minimum Gasteiger partial charge on any atom is -0.489 e. The van der Waals surface area contributed by atoms with E-state index in [0.717, 1.165) is 17.7 Å². The van der Waals surface area contributed by atoms with Crippen molar-refractivity contribution in [3.8, 4) is 5.75 Å². The number of hydrogen-bond acceptors (Lipinski definition) is 2. The summed E-state index contributed by atoms with van der Waals surface area (Å²) in [6.45, 7) is 5.20. The van der Waals surface area contributed by atoms with Crippen molar-refractivity contribution in [2.24, 2.45) is 0 Å². The number of likely N-dealkylation sites (N-methyl/N-ethyl adjacent to an activating group) is 1. The molecule has 2 aromatic rings. The minimum absolute atomic E-state index is 0.0566. The first-order valence-electron chi connectivity index (χ1n) is 6.88. The first kappa shape index (κ1) is 14.5. The van der Waals surface area contributed by atoms with Crippen LogP contribution in [-0.2, 0) is 0 Å². The van der Waals surface area contributed by atoms with Crippen LogP contribution in [0, 0.1) is 12.7 Å². The van der Waals surface area contributed by atoms with E-state index in [-0.39, 0.29) is 11.9 Å². The van der Waals surface area contributed by atoms with Crippen molar-refractivity contribution in [2.45, 2.75) is 19.9 Å². The summed E-state index contributed by atoms with van der Waals surface area (Å²) in [5.41, 5.74) is 2.13. The fraction of sp³-hybridized carbons (Fsp3) is 0.294. The highest BCUT2D eigenvalue weighted by atomic mass is 19.1. The summed E-state index contributed by atoms with van der Waals surface area (Å²) in [7, 11) is 0. The molecule has 0 saturated heterocycles. The van der Waals surface area contributed by atoms with Crippen molar-refractivity contribution >= 4 is 0 Å². The van der Waals surface area contributed by atoms with Crippen LogP contribution < -0.4 is 10.1 Å². The molecule has 0 aromatic heterocycles. The second kappa shape index (κ2) is 7.06. The average molecular weight is 273 g/mol. The Morgan fingerprint density at radius 3 is 2.60 bits per heavy atom. The summed E-state index contributed by atoms with van der Waals surface area (Å²) in [5, 5.41) is 3.36. The van der Waals surface area contributed by atoms with Crippen molar-refractivity contribution in [3.63, 3.8) is 0 Å². The topological polar surface area (TPSA) is 21.3 Å². The van der Waals surface area contributed by atoms with E-state index in [4.69, 9.17) is 4.74 Å². The lowest BCUT2D eigenvalue weighted by atomic mass is 10.1. The van der Waals surface area contributed by atoms with Gasteiger partial charge in [-0.15, -0.1) is 0 Å². The monoisotopic (exact) mass is 273 g/mol. The van der Waals surface area contributed by atoms with E-state index in [1.807, 2.05) is 44.2 Å². The van der Waals surface area contributed by atoms with Gasteiger partial charge in [-0.05, 0) is 36.7 Å². The summed E-state index contributed by atoms with van der Waals surface area (Å²) in [6.07, 6.45) is 0. The van der Waals surface area contributed by atoms with Gasteiger partial charge in [0.05, 0.1) is 6.04 Å². The molecule has 0 aliphatic rings. The molecule has 0 heterocycles. The van der Waals surface area contributed by atoms with Gasteiger partial charge in [0.1, 0.15) is 6.61 Å². The van der Waals surface area contributed by atoms with Gasteiger partial charge in [0.15, 0.2) is 11.6 Å². The Balaban J connectivity index is 2.07. The van der Waals surface area contributed by atoms with Crippen molar-refractivity contribution in [1.82, 2.24) is 5.32 Å². The van der Waals surface area contributed by atoms with Crippen LogP contribution in [0.1, 0.15) is 24.1 Å². The van der Waals surface area contributed by atoms with Crippen LogP contribution in [0.4, 0.5) is 4.39 Å². The predicted octanol–water partition coefficient (Wildman–Crippen LogP) is 3.86. The summed E-state index contributed by atoms with van der Waals surface area (Å²) >= 11 is 0. The maximum atomic E-state index is 13.7. The molecule has 0 aliphatic heterocycles. The normalized spacial score (nSPS) is 12.2. The molecule has 0 amide bonds. The van der Waals surface area contributed by atoms with Crippen LogP contribution in [0.5, 0.6) is 5.75 Å². The lowest BCUT2D eigenvalue weighted by Gasteiger charge is -2.19. The maximum absolute atomic E-state index is 13.7. The van der Waals surface area contributed by atoms with Gasteiger partial charge < -0.3 is 10.1 Å².